The highest BCUT2D eigenvalue weighted by Crippen LogP contribution is 2.13. The highest BCUT2D eigenvalue weighted by atomic mass is 16.5. The zero-order valence-electron chi connectivity index (χ0n) is 15.0. The maximum Gasteiger partial charge on any atom is 0.321 e. The van der Waals surface area contributed by atoms with Crippen molar-refractivity contribution in [3.63, 3.8) is 0 Å². The van der Waals surface area contributed by atoms with Gasteiger partial charge in [-0.25, -0.2) is 4.79 Å². The summed E-state index contributed by atoms with van der Waals surface area (Å²) in [4.78, 5) is 25.8. The average Bonchev–Trinajstić information content (AvgIpc) is 2.61. The number of nitrogens with zero attached hydrogens (tertiary/aromatic N) is 1. The van der Waals surface area contributed by atoms with E-state index in [-0.39, 0.29) is 5.91 Å². The molecular weight excluding hydrogens is 320 g/mol. The van der Waals surface area contributed by atoms with Crippen molar-refractivity contribution in [1.82, 2.24) is 20.9 Å². The lowest BCUT2D eigenvalue weighted by atomic mass is 10.1. The summed E-state index contributed by atoms with van der Waals surface area (Å²) in [5.74, 6) is -0.336. The summed E-state index contributed by atoms with van der Waals surface area (Å²) in [5, 5.41) is 8.06. The normalized spacial score (nSPS) is 16.2. The van der Waals surface area contributed by atoms with Gasteiger partial charge in [0.05, 0.1) is 19.3 Å². The van der Waals surface area contributed by atoms with Crippen LogP contribution in [0.25, 0.3) is 0 Å². The number of nitrogens with one attached hydrogen (secondary N) is 3. The van der Waals surface area contributed by atoms with Crippen LogP contribution in [0.3, 0.4) is 0 Å². The van der Waals surface area contributed by atoms with Crippen LogP contribution in [0.4, 0.5) is 4.79 Å². The number of amides is 3. The summed E-state index contributed by atoms with van der Waals surface area (Å²) in [7, 11) is 0. The van der Waals surface area contributed by atoms with Gasteiger partial charge in [-0.1, -0.05) is 24.3 Å². The molecule has 1 saturated heterocycles. The van der Waals surface area contributed by atoms with Gasteiger partial charge in [-0.05, 0) is 25.0 Å². The second-order valence-electron chi connectivity index (χ2n) is 6.11. The fourth-order valence-corrected chi connectivity index (χ4v) is 2.67. The standard InChI is InChI=1S/C18H28N4O3/c1-3-19-18(24)21-17(23)14(2)20-12-15-6-4-5-7-16(15)13-22-8-10-25-11-9-22/h4-7,14,20H,3,8-13H2,1-2H3,(H2,19,21,23,24). The van der Waals surface area contributed by atoms with Gasteiger partial charge in [0.15, 0.2) is 0 Å². The Morgan fingerprint density at radius 2 is 1.88 bits per heavy atom. The first-order valence-electron chi connectivity index (χ1n) is 8.79. The number of benzene rings is 1. The summed E-state index contributed by atoms with van der Waals surface area (Å²) in [6.07, 6.45) is 0. The molecule has 0 aliphatic carbocycles. The zero-order valence-corrected chi connectivity index (χ0v) is 15.0. The van der Waals surface area contributed by atoms with Gasteiger partial charge in [-0.15, -0.1) is 0 Å². The summed E-state index contributed by atoms with van der Waals surface area (Å²) in [6, 6.07) is 7.29. The molecule has 1 heterocycles. The van der Waals surface area contributed by atoms with E-state index in [1.54, 1.807) is 13.8 Å². The van der Waals surface area contributed by atoms with Crippen molar-refractivity contribution in [2.75, 3.05) is 32.8 Å². The minimum atomic E-state index is -0.464. The lowest BCUT2D eigenvalue weighted by molar-refractivity contribution is -0.121. The first-order valence-corrected chi connectivity index (χ1v) is 8.79. The van der Waals surface area contributed by atoms with Gasteiger partial charge in [0.25, 0.3) is 0 Å². The van der Waals surface area contributed by atoms with Crippen LogP contribution in [0.15, 0.2) is 24.3 Å². The lowest BCUT2D eigenvalue weighted by Gasteiger charge is -2.27. The topological polar surface area (TPSA) is 82.7 Å². The van der Waals surface area contributed by atoms with E-state index in [1.807, 2.05) is 12.1 Å². The van der Waals surface area contributed by atoms with Crippen LogP contribution >= 0.6 is 0 Å². The second-order valence-corrected chi connectivity index (χ2v) is 6.11. The Bertz CT molecular complexity index is 573. The molecule has 0 radical (unpaired) electrons. The Morgan fingerprint density at radius 3 is 2.56 bits per heavy atom. The van der Waals surface area contributed by atoms with E-state index in [4.69, 9.17) is 4.74 Å². The van der Waals surface area contributed by atoms with E-state index in [9.17, 15) is 9.59 Å². The molecule has 1 unspecified atom stereocenters. The van der Waals surface area contributed by atoms with Gasteiger partial charge in [-0.2, -0.15) is 0 Å². The van der Waals surface area contributed by atoms with Gasteiger partial charge < -0.3 is 15.4 Å². The van der Waals surface area contributed by atoms with E-state index in [1.165, 1.54) is 5.56 Å². The number of urea groups is 1. The molecule has 1 aliphatic heterocycles. The molecule has 1 aromatic carbocycles. The van der Waals surface area contributed by atoms with Crippen molar-refractivity contribution in [2.45, 2.75) is 33.0 Å². The van der Waals surface area contributed by atoms with Crippen molar-refractivity contribution in [2.24, 2.45) is 0 Å². The Morgan fingerprint density at radius 1 is 1.20 bits per heavy atom. The number of rotatable bonds is 7. The number of imide groups is 1. The monoisotopic (exact) mass is 348 g/mol. The summed E-state index contributed by atoms with van der Waals surface area (Å²) >= 11 is 0. The predicted molar refractivity (Wildman–Crippen MR) is 96.1 cm³/mol. The molecule has 138 valence electrons. The zero-order chi connectivity index (χ0) is 18.1. The van der Waals surface area contributed by atoms with Gasteiger partial charge in [0.1, 0.15) is 0 Å². The summed E-state index contributed by atoms with van der Waals surface area (Å²) in [6.45, 7) is 8.91. The number of ether oxygens (including phenoxy) is 1. The van der Waals surface area contributed by atoms with Crippen molar-refractivity contribution < 1.29 is 14.3 Å². The third-order valence-corrected chi connectivity index (χ3v) is 4.18. The quantitative estimate of drug-likeness (QED) is 0.680. The molecule has 1 aromatic rings. The van der Waals surface area contributed by atoms with Gasteiger partial charge in [-0.3, -0.25) is 15.0 Å². The van der Waals surface area contributed by atoms with Gasteiger partial charge in [0.2, 0.25) is 5.91 Å². The molecule has 1 aliphatic rings. The van der Waals surface area contributed by atoms with Crippen molar-refractivity contribution in [3.8, 4) is 0 Å². The van der Waals surface area contributed by atoms with E-state index in [0.29, 0.717) is 13.1 Å². The first-order chi connectivity index (χ1) is 12.1. The molecule has 3 N–H and O–H groups in total. The third-order valence-electron chi connectivity index (χ3n) is 4.18. The smallest absolute Gasteiger partial charge is 0.321 e. The fourth-order valence-electron chi connectivity index (χ4n) is 2.67. The molecule has 7 heteroatoms. The van der Waals surface area contributed by atoms with E-state index < -0.39 is 12.1 Å². The molecule has 25 heavy (non-hydrogen) atoms. The molecule has 1 fully saturated rings. The third kappa shape index (κ3) is 6.45. The van der Waals surface area contributed by atoms with Crippen LogP contribution in [0, 0.1) is 0 Å². The largest absolute Gasteiger partial charge is 0.379 e. The SMILES string of the molecule is CCNC(=O)NC(=O)C(C)NCc1ccccc1CN1CCOCC1. The van der Waals surface area contributed by atoms with Crippen LogP contribution in [-0.2, 0) is 22.6 Å². The van der Waals surface area contributed by atoms with Crippen molar-refractivity contribution >= 4 is 11.9 Å². The lowest BCUT2D eigenvalue weighted by Crippen LogP contribution is -2.47. The fraction of sp³-hybridized carbons (Fsp3) is 0.556. The molecule has 3 amide bonds. The maximum absolute atomic E-state index is 12.0. The van der Waals surface area contributed by atoms with Crippen LogP contribution in [0.5, 0.6) is 0 Å². The van der Waals surface area contributed by atoms with Gasteiger partial charge in [0, 0.05) is 32.7 Å². The first kappa shape index (κ1) is 19.4. The van der Waals surface area contributed by atoms with Crippen LogP contribution < -0.4 is 16.0 Å². The second kappa shape index (κ2) is 10.1. The summed E-state index contributed by atoms with van der Waals surface area (Å²) < 4.78 is 5.39. The van der Waals surface area contributed by atoms with E-state index in [2.05, 4.69) is 33.0 Å². The Balaban J connectivity index is 1.87. The molecular formula is C18H28N4O3. The minimum Gasteiger partial charge on any atom is -0.379 e. The number of carbonyl (C=O) groups excluding carboxylic acids is 2. The molecule has 1 atom stereocenters. The van der Waals surface area contributed by atoms with Gasteiger partial charge >= 0.3 is 6.03 Å². The highest BCUT2D eigenvalue weighted by Gasteiger charge is 2.16. The van der Waals surface area contributed by atoms with Crippen molar-refractivity contribution in [1.29, 1.82) is 0 Å². The van der Waals surface area contributed by atoms with Crippen LogP contribution in [-0.4, -0.2) is 55.7 Å². The minimum absolute atomic E-state index is 0.336. The Kier molecular flexibility index (Phi) is 7.84. The highest BCUT2D eigenvalue weighted by molar-refractivity contribution is 5.96. The van der Waals surface area contributed by atoms with E-state index in [0.717, 1.165) is 38.4 Å². The predicted octanol–water partition coefficient (Wildman–Crippen LogP) is 0.843. The molecule has 2 rings (SSSR count). The maximum atomic E-state index is 12.0. The number of hydrogen-bond donors (Lipinski definition) is 3. The van der Waals surface area contributed by atoms with E-state index >= 15 is 0 Å². The average molecular weight is 348 g/mol. The van der Waals surface area contributed by atoms with Crippen LogP contribution in [0.1, 0.15) is 25.0 Å². The summed E-state index contributed by atoms with van der Waals surface area (Å²) in [5.41, 5.74) is 2.40. The van der Waals surface area contributed by atoms with Crippen LogP contribution in [0.2, 0.25) is 0 Å². The molecule has 0 aromatic heterocycles. The Labute approximate surface area is 149 Å². The molecule has 0 spiro atoms. The number of carbonyl (C=O) groups is 2. The Hall–Kier alpha value is -1.96. The van der Waals surface area contributed by atoms with Crippen molar-refractivity contribution in [3.05, 3.63) is 35.4 Å². The molecule has 7 nitrogen and oxygen atoms in total. The number of morpholine rings is 1. The number of hydrogen-bond acceptors (Lipinski definition) is 5. The molecule has 0 bridgehead atoms. The molecule has 0 saturated carbocycles.